The third kappa shape index (κ3) is 3.36. The predicted octanol–water partition coefficient (Wildman–Crippen LogP) is 5.50. The Morgan fingerprint density at radius 2 is 1.79 bits per heavy atom. The van der Waals surface area contributed by atoms with Gasteiger partial charge in [-0.05, 0) is 61.1 Å². The number of para-hydroxylation sites is 1. The number of nitrogens with one attached hydrogen (secondary N) is 1. The lowest BCUT2D eigenvalue weighted by Crippen LogP contribution is -2.17. The lowest BCUT2D eigenvalue weighted by molar-refractivity contribution is 0.153. The normalized spacial score (nSPS) is 11.3. The third-order valence-corrected chi connectivity index (χ3v) is 4.91. The van der Waals surface area contributed by atoms with Gasteiger partial charge in [-0.25, -0.2) is 18.2 Å². The van der Waals surface area contributed by atoms with Crippen LogP contribution in [0.25, 0.3) is 28.0 Å². The molecule has 4 rings (SSSR count). The summed E-state index contributed by atoms with van der Waals surface area (Å²) in [4.78, 5) is 19.5. The molecule has 0 spiro atoms. The van der Waals surface area contributed by atoms with Crippen LogP contribution >= 0.6 is 12.2 Å². The number of aryl methyl sites for hydroxylation is 1. The van der Waals surface area contributed by atoms with E-state index in [0.717, 1.165) is 11.6 Å². The summed E-state index contributed by atoms with van der Waals surface area (Å²) < 4.78 is 42.6. The van der Waals surface area contributed by atoms with Gasteiger partial charge in [-0.1, -0.05) is 18.2 Å². The minimum Gasteiger partial charge on any atom is -0.298 e. The molecule has 1 N–H and O–H groups in total. The molecule has 0 saturated heterocycles. The van der Waals surface area contributed by atoms with Crippen LogP contribution in [0.4, 0.5) is 13.2 Å². The van der Waals surface area contributed by atoms with Crippen LogP contribution in [0.2, 0.25) is 0 Å². The zero-order valence-electron chi connectivity index (χ0n) is 15.1. The maximum atomic E-state index is 13.9. The van der Waals surface area contributed by atoms with Crippen LogP contribution in [0.1, 0.15) is 17.6 Å². The molecular weight excluding hydrogens is 399 g/mol. The molecule has 2 aromatic heterocycles. The zero-order chi connectivity index (χ0) is 20.7. The quantitative estimate of drug-likeness (QED) is 0.452. The molecule has 0 fully saturated rings. The summed E-state index contributed by atoms with van der Waals surface area (Å²) in [5.41, 5.74) is 0.890. The van der Waals surface area contributed by atoms with Gasteiger partial charge in [0, 0.05) is 11.1 Å². The minimum atomic E-state index is -2.91. The summed E-state index contributed by atoms with van der Waals surface area (Å²) in [6.07, 6.45) is -2.91. The van der Waals surface area contributed by atoms with Gasteiger partial charge in [-0.3, -0.25) is 14.3 Å². The molecule has 0 amide bonds. The smallest absolute Gasteiger partial charge is 0.264 e. The second-order valence-corrected chi connectivity index (χ2v) is 6.87. The SMILES string of the molecule is Cc1ccccc1-n1c(=S)[nH]c(=O)c2c(C(F)F)cc(-c3ccc(F)cc3)nc21. The van der Waals surface area contributed by atoms with Crippen LogP contribution in [-0.4, -0.2) is 14.5 Å². The van der Waals surface area contributed by atoms with E-state index in [0.29, 0.717) is 11.3 Å². The van der Waals surface area contributed by atoms with Crippen molar-refractivity contribution in [3.8, 4) is 16.9 Å². The molecule has 0 atom stereocenters. The van der Waals surface area contributed by atoms with Gasteiger partial charge in [0.2, 0.25) is 0 Å². The number of H-pyrrole nitrogens is 1. The van der Waals surface area contributed by atoms with Crippen molar-refractivity contribution in [2.24, 2.45) is 0 Å². The number of alkyl halides is 2. The van der Waals surface area contributed by atoms with Gasteiger partial charge in [0.15, 0.2) is 10.4 Å². The van der Waals surface area contributed by atoms with Gasteiger partial charge in [0.1, 0.15) is 5.82 Å². The maximum absolute atomic E-state index is 13.9. The number of aromatic amines is 1. The summed E-state index contributed by atoms with van der Waals surface area (Å²) in [5.74, 6) is -0.456. The number of nitrogens with zero attached hydrogens (tertiary/aromatic N) is 2. The van der Waals surface area contributed by atoms with Gasteiger partial charge in [0.05, 0.1) is 16.8 Å². The predicted molar refractivity (Wildman–Crippen MR) is 108 cm³/mol. The summed E-state index contributed by atoms with van der Waals surface area (Å²) in [6.45, 7) is 1.84. The summed E-state index contributed by atoms with van der Waals surface area (Å²) in [5, 5.41) is -0.234. The number of pyridine rings is 1. The van der Waals surface area contributed by atoms with E-state index in [1.807, 2.05) is 19.1 Å². The molecule has 29 heavy (non-hydrogen) atoms. The third-order valence-electron chi connectivity index (χ3n) is 4.62. The van der Waals surface area contributed by atoms with E-state index >= 15 is 0 Å². The fourth-order valence-corrected chi connectivity index (χ4v) is 3.51. The van der Waals surface area contributed by atoms with Crippen LogP contribution in [0.15, 0.2) is 59.4 Å². The van der Waals surface area contributed by atoms with E-state index in [9.17, 15) is 18.0 Å². The fraction of sp³-hybridized carbons (Fsp3) is 0.0952. The Balaban J connectivity index is 2.17. The van der Waals surface area contributed by atoms with Crippen molar-refractivity contribution < 1.29 is 13.2 Å². The van der Waals surface area contributed by atoms with Crippen molar-refractivity contribution in [2.45, 2.75) is 13.3 Å². The van der Waals surface area contributed by atoms with E-state index in [-0.39, 0.29) is 21.5 Å². The molecule has 0 aliphatic heterocycles. The Hall–Kier alpha value is -3.26. The average molecular weight is 413 g/mol. The van der Waals surface area contributed by atoms with E-state index in [1.54, 1.807) is 12.1 Å². The molecule has 8 heteroatoms. The second-order valence-electron chi connectivity index (χ2n) is 6.48. The van der Waals surface area contributed by atoms with E-state index < -0.39 is 23.4 Å². The molecule has 0 saturated carbocycles. The highest BCUT2D eigenvalue weighted by Gasteiger charge is 2.21. The molecule has 0 aliphatic rings. The maximum Gasteiger partial charge on any atom is 0.264 e. The summed E-state index contributed by atoms with van der Waals surface area (Å²) in [6, 6.07) is 13.7. The first-order valence-corrected chi connectivity index (χ1v) is 9.07. The summed E-state index contributed by atoms with van der Waals surface area (Å²) >= 11 is 5.32. The molecule has 4 aromatic rings. The van der Waals surface area contributed by atoms with Gasteiger partial charge in [0.25, 0.3) is 12.0 Å². The Labute approximate surface area is 168 Å². The van der Waals surface area contributed by atoms with Gasteiger partial charge >= 0.3 is 0 Å². The van der Waals surface area contributed by atoms with Gasteiger partial charge in [-0.15, -0.1) is 0 Å². The molecule has 2 heterocycles. The van der Waals surface area contributed by atoms with E-state index in [1.165, 1.54) is 28.8 Å². The van der Waals surface area contributed by atoms with E-state index in [2.05, 4.69) is 9.97 Å². The molecule has 0 radical (unpaired) electrons. The Kier molecular flexibility index (Phi) is 4.79. The van der Waals surface area contributed by atoms with Crippen LogP contribution < -0.4 is 5.56 Å². The Morgan fingerprint density at radius 1 is 1.10 bits per heavy atom. The molecule has 0 bridgehead atoms. The molecule has 0 aliphatic carbocycles. The van der Waals surface area contributed by atoms with Crippen molar-refractivity contribution in [2.75, 3.05) is 0 Å². The second kappa shape index (κ2) is 7.29. The number of hydrogen-bond donors (Lipinski definition) is 1. The first-order valence-electron chi connectivity index (χ1n) is 8.67. The molecule has 2 aromatic carbocycles. The monoisotopic (exact) mass is 413 g/mol. The highest BCUT2D eigenvalue weighted by molar-refractivity contribution is 7.71. The first kappa shape index (κ1) is 19.1. The largest absolute Gasteiger partial charge is 0.298 e. The number of fused-ring (bicyclic) bond motifs is 1. The van der Waals surface area contributed by atoms with Crippen LogP contribution in [0.3, 0.4) is 0 Å². The van der Waals surface area contributed by atoms with E-state index in [4.69, 9.17) is 12.2 Å². The number of benzene rings is 2. The number of rotatable bonds is 3. The highest BCUT2D eigenvalue weighted by Crippen LogP contribution is 2.31. The first-order chi connectivity index (χ1) is 13.9. The number of aromatic nitrogens is 3. The lowest BCUT2D eigenvalue weighted by Gasteiger charge is -2.16. The van der Waals surface area contributed by atoms with Crippen LogP contribution in [0, 0.1) is 17.5 Å². The average Bonchev–Trinajstić information content (AvgIpc) is 2.69. The Morgan fingerprint density at radius 3 is 2.45 bits per heavy atom. The Bertz CT molecular complexity index is 1340. The highest BCUT2D eigenvalue weighted by atomic mass is 32.1. The van der Waals surface area contributed by atoms with Crippen LogP contribution in [-0.2, 0) is 0 Å². The molecule has 0 unspecified atom stereocenters. The van der Waals surface area contributed by atoms with Gasteiger partial charge in [-0.2, -0.15) is 0 Å². The van der Waals surface area contributed by atoms with Crippen molar-refractivity contribution in [3.63, 3.8) is 0 Å². The molecule has 146 valence electrons. The minimum absolute atomic E-state index is 0.0187. The van der Waals surface area contributed by atoms with Crippen LogP contribution in [0.5, 0.6) is 0 Å². The number of halogens is 3. The van der Waals surface area contributed by atoms with Gasteiger partial charge < -0.3 is 0 Å². The topological polar surface area (TPSA) is 50.7 Å². The molecular formula is C21H14F3N3OS. The zero-order valence-corrected chi connectivity index (χ0v) is 15.9. The summed E-state index contributed by atoms with van der Waals surface area (Å²) in [7, 11) is 0. The van der Waals surface area contributed by atoms with Crippen molar-refractivity contribution in [1.29, 1.82) is 0 Å². The fourth-order valence-electron chi connectivity index (χ4n) is 3.24. The number of hydrogen-bond acceptors (Lipinski definition) is 3. The standard InChI is InChI=1S/C21H14F3N3OS/c1-11-4-2-3-5-16(11)27-19-17(20(28)26-21(27)29)14(18(23)24)10-15(25-19)12-6-8-13(22)9-7-12/h2-10,18H,1H3,(H,26,28,29). The van der Waals surface area contributed by atoms with Crippen molar-refractivity contribution in [3.05, 3.63) is 86.7 Å². The van der Waals surface area contributed by atoms with Crippen molar-refractivity contribution in [1.82, 2.24) is 14.5 Å². The lowest BCUT2D eigenvalue weighted by atomic mass is 10.1. The molecule has 4 nitrogen and oxygen atoms in total. The van der Waals surface area contributed by atoms with Crippen molar-refractivity contribution >= 4 is 23.3 Å².